The van der Waals surface area contributed by atoms with E-state index in [9.17, 15) is 18.3 Å². The molecule has 0 radical (unpaired) electrons. The van der Waals surface area contributed by atoms with Crippen LogP contribution in [-0.4, -0.2) is 18.3 Å². The molecule has 0 spiro atoms. The third-order valence-corrected chi connectivity index (χ3v) is 4.87. The number of hydrogen-bond donors (Lipinski definition) is 2. The van der Waals surface area contributed by atoms with Crippen molar-refractivity contribution in [3.8, 4) is 0 Å². The van der Waals surface area contributed by atoms with Gasteiger partial charge in [-0.2, -0.15) is 13.2 Å². The fourth-order valence-electron chi connectivity index (χ4n) is 3.56. The van der Waals surface area contributed by atoms with Gasteiger partial charge in [0.1, 0.15) is 0 Å². The molecule has 3 unspecified atom stereocenters. The maximum atomic E-state index is 13.1. The van der Waals surface area contributed by atoms with Crippen LogP contribution < -0.4 is 5.73 Å². The molecule has 0 aromatic heterocycles. The van der Waals surface area contributed by atoms with Crippen molar-refractivity contribution in [2.45, 2.75) is 63.5 Å². The van der Waals surface area contributed by atoms with Crippen LogP contribution in [0.3, 0.4) is 0 Å². The molecule has 24 heavy (non-hydrogen) atoms. The molecule has 3 N–H and O–H groups in total. The number of halogens is 3. The van der Waals surface area contributed by atoms with Crippen molar-refractivity contribution in [3.63, 3.8) is 0 Å². The molecule has 0 heterocycles. The highest BCUT2D eigenvalue weighted by molar-refractivity contribution is 5.37. The Morgan fingerprint density at radius 3 is 2.29 bits per heavy atom. The summed E-state index contributed by atoms with van der Waals surface area (Å²) in [6.07, 6.45) is -0.625. The molecular formula is C18H26F3NO2. The van der Waals surface area contributed by atoms with Gasteiger partial charge < -0.3 is 15.6 Å². The summed E-state index contributed by atoms with van der Waals surface area (Å²) in [7, 11) is 1.57. The topological polar surface area (TPSA) is 55.5 Å². The minimum Gasteiger partial charge on any atom is -0.387 e. The lowest BCUT2D eigenvalue weighted by Gasteiger charge is -2.32. The normalized spacial score (nSPS) is 20.6. The number of aliphatic hydroxyl groups is 1. The molecule has 1 saturated carbocycles. The number of hydrogen-bond acceptors (Lipinski definition) is 3. The lowest BCUT2D eigenvalue weighted by atomic mass is 9.80. The van der Waals surface area contributed by atoms with Crippen LogP contribution in [0.4, 0.5) is 13.2 Å². The Hall–Kier alpha value is -1.11. The van der Waals surface area contributed by atoms with Crippen LogP contribution in [0, 0.1) is 5.92 Å². The Kier molecular flexibility index (Phi) is 6.28. The summed E-state index contributed by atoms with van der Waals surface area (Å²) in [6.45, 7) is 1.58. The Labute approximate surface area is 141 Å². The first-order chi connectivity index (χ1) is 11.3. The molecule has 0 saturated heterocycles. The molecule has 1 aromatic rings. The van der Waals surface area contributed by atoms with E-state index in [4.69, 9.17) is 10.5 Å². The number of ether oxygens (including phenoxy) is 1. The predicted molar refractivity (Wildman–Crippen MR) is 86.4 cm³/mol. The van der Waals surface area contributed by atoms with Crippen molar-refractivity contribution >= 4 is 0 Å². The van der Waals surface area contributed by atoms with E-state index in [2.05, 4.69) is 0 Å². The van der Waals surface area contributed by atoms with E-state index >= 15 is 0 Å². The van der Waals surface area contributed by atoms with Crippen LogP contribution >= 0.6 is 0 Å². The molecule has 6 heteroatoms. The van der Waals surface area contributed by atoms with Crippen molar-refractivity contribution in [3.05, 3.63) is 34.9 Å². The van der Waals surface area contributed by atoms with Crippen molar-refractivity contribution in [2.24, 2.45) is 11.7 Å². The fraction of sp³-hybridized carbons (Fsp3) is 0.667. The smallest absolute Gasteiger partial charge is 0.387 e. The Morgan fingerprint density at radius 1 is 1.17 bits per heavy atom. The molecule has 1 aliphatic rings. The average molecular weight is 345 g/mol. The quantitative estimate of drug-likeness (QED) is 0.834. The Balaban J connectivity index is 2.46. The van der Waals surface area contributed by atoms with Crippen LogP contribution in [0.2, 0.25) is 0 Å². The average Bonchev–Trinajstić information content (AvgIpc) is 2.55. The highest BCUT2D eigenvalue weighted by Crippen LogP contribution is 2.41. The highest BCUT2D eigenvalue weighted by atomic mass is 19.4. The summed E-state index contributed by atoms with van der Waals surface area (Å²) < 4.78 is 44.8. The standard InChI is InChI=1S/C18H26F3NO2/c1-11(22)16(23)15-10-13(18(19,20)21)8-9-14(15)17(24-2)12-6-4-3-5-7-12/h8-12,16-17,23H,3-7,22H2,1-2H3. The molecule has 3 atom stereocenters. The summed E-state index contributed by atoms with van der Waals surface area (Å²) in [5, 5.41) is 10.4. The molecule has 0 bridgehead atoms. The van der Waals surface area contributed by atoms with Crippen LogP contribution in [0.5, 0.6) is 0 Å². The highest BCUT2D eigenvalue weighted by Gasteiger charge is 2.34. The fourth-order valence-corrected chi connectivity index (χ4v) is 3.56. The van der Waals surface area contributed by atoms with Gasteiger partial charge in [0.2, 0.25) is 0 Å². The van der Waals surface area contributed by atoms with E-state index < -0.39 is 23.9 Å². The van der Waals surface area contributed by atoms with Crippen molar-refractivity contribution in [2.75, 3.05) is 7.11 Å². The minimum absolute atomic E-state index is 0.220. The van der Waals surface area contributed by atoms with Gasteiger partial charge in [-0.15, -0.1) is 0 Å². The van der Waals surface area contributed by atoms with Gasteiger partial charge >= 0.3 is 6.18 Å². The second kappa shape index (κ2) is 7.85. The molecule has 0 aliphatic heterocycles. The first-order valence-electron chi connectivity index (χ1n) is 8.43. The molecule has 1 aliphatic carbocycles. The van der Waals surface area contributed by atoms with E-state index in [-0.39, 0.29) is 17.6 Å². The lowest BCUT2D eigenvalue weighted by Crippen LogP contribution is -2.27. The van der Waals surface area contributed by atoms with Crippen molar-refractivity contribution < 1.29 is 23.0 Å². The number of methoxy groups -OCH3 is 1. The van der Waals surface area contributed by atoms with Gasteiger partial charge in [-0.25, -0.2) is 0 Å². The van der Waals surface area contributed by atoms with Crippen molar-refractivity contribution in [1.82, 2.24) is 0 Å². The van der Waals surface area contributed by atoms with Crippen LogP contribution in [-0.2, 0) is 10.9 Å². The largest absolute Gasteiger partial charge is 0.416 e. The third kappa shape index (κ3) is 4.29. The maximum Gasteiger partial charge on any atom is 0.416 e. The SMILES string of the molecule is COC(c1ccc(C(F)(F)F)cc1C(O)C(C)N)C1CCCCC1. The summed E-state index contributed by atoms with van der Waals surface area (Å²) in [4.78, 5) is 0. The predicted octanol–water partition coefficient (Wildman–Crippen LogP) is 4.35. The van der Waals surface area contributed by atoms with Crippen molar-refractivity contribution in [1.29, 1.82) is 0 Å². The number of benzene rings is 1. The number of alkyl halides is 3. The summed E-state index contributed by atoms with van der Waals surface area (Å²) in [5.41, 5.74) is 5.80. The summed E-state index contributed by atoms with van der Waals surface area (Å²) in [6, 6.07) is 2.84. The minimum atomic E-state index is -4.46. The first-order valence-corrected chi connectivity index (χ1v) is 8.43. The molecule has 0 amide bonds. The Bertz CT molecular complexity index is 540. The van der Waals surface area contributed by atoms with E-state index in [1.54, 1.807) is 14.0 Å². The molecule has 1 fully saturated rings. The van der Waals surface area contributed by atoms with Crippen LogP contribution in [0.25, 0.3) is 0 Å². The molecule has 136 valence electrons. The number of nitrogens with two attached hydrogens (primary N) is 1. The van der Waals surface area contributed by atoms with Crippen LogP contribution in [0.15, 0.2) is 18.2 Å². The number of rotatable bonds is 5. The molecule has 3 nitrogen and oxygen atoms in total. The zero-order chi connectivity index (χ0) is 17.9. The van der Waals surface area contributed by atoms with Gasteiger partial charge in [0.05, 0.1) is 17.8 Å². The zero-order valence-electron chi connectivity index (χ0n) is 14.1. The number of aliphatic hydroxyl groups excluding tert-OH is 1. The Morgan fingerprint density at radius 2 is 1.79 bits per heavy atom. The zero-order valence-corrected chi connectivity index (χ0v) is 14.1. The van der Waals surface area contributed by atoms with Gasteiger partial charge in [-0.3, -0.25) is 0 Å². The molecule has 2 rings (SSSR count). The molecule has 1 aromatic carbocycles. The second-order valence-electron chi connectivity index (χ2n) is 6.70. The monoisotopic (exact) mass is 345 g/mol. The summed E-state index contributed by atoms with van der Waals surface area (Å²) in [5.74, 6) is 0.250. The van der Waals surface area contributed by atoms with Gasteiger partial charge in [0, 0.05) is 13.2 Å². The van der Waals surface area contributed by atoms with Gasteiger partial charge in [0.25, 0.3) is 0 Å². The van der Waals surface area contributed by atoms with E-state index in [0.717, 1.165) is 37.8 Å². The molecular weight excluding hydrogens is 319 g/mol. The maximum absolute atomic E-state index is 13.1. The second-order valence-corrected chi connectivity index (χ2v) is 6.70. The lowest BCUT2D eigenvalue weighted by molar-refractivity contribution is -0.137. The van der Waals surface area contributed by atoms with E-state index in [1.807, 2.05) is 0 Å². The van der Waals surface area contributed by atoms with E-state index in [0.29, 0.717) is 5.56 Å². The first kappa shape index (κ1) is 19.2. The van der Waals surface area contributed by atoms with Crippen LogP contribution in [0.1, 0.15) is 67.9 Å². The third-order valence-electron chi connectivity index (χ3n) is 4.87. The van der Waals surface area contributed by atoms with Gasteiger partial charge in [0.15, 0.2) is 0 Å². The van der Waals surface area contributed by atoms with Gasteiger partial charge in [-0.05, 0) is 48.9 Å². The summed E-state index contributed by atoms with van der Waals surface area (Å²) >= 11 is 0. The van der Waals surface area contributed by atoms with Gasteiger partial charge in [-0.1, -0.05) is 25.3 Å². The van der Waals surface area contributed by atoms with E-state index in [1.165, 1.54) is 12.5 Å².